The van der Waals surface area contributed by atoms with Gasteiger partial charge >= 0.3 is 0 Å². The van der Waals surface area contributed by atoms with Crippen molar-refractivity contribution < 1.29 is 19.1 Å². The van der Waals surface area contributed by atoms with E-state index < -0.39 is 11.8 Å². The summed E-state index contributed by atoms with van der Waals surface area (Å²) in [7, 11) is 0. The number of ether oxygens (including phenoxy) is 1. The standard InChI is InChI=1S/C15H17NO4S/c1-10(18)8-20-12-4-2-11(3-5-12)6-14-15(13(19)7-17)16-9-21-14/h2-5,7,14-16H,6,8-9H2,1H3. The van der Waals surface area contributed by atoms with Crippen molar-refractivity contribution in [3.63, 3.8) is 0 Å². The molecule has 0 bridgehead atoms. The Hall–Kier alpha value is -1.66. The molecule has 5 nitrogen and oxygen atoms in total. The molecule has 0 amide bonds. The van der Waals surface area contributed by atoms with Gasteiger partial charge in [0.2, 0.25) is 5.78 Å². The number of benzene rings is 1. The Kier molecular flexibility index (Phi) is 5.52. The molecule has 21 heavy (non-hydrogen) atoms. The maximum absolute atomic E-state index is 11.5. The number of aldehydes is 1. The van der Waals surface area contributed by atoms with Crippen LogP contribution in [0.2, 0.25) is 0 Å². The molecule has 0 radical (unpaired) electrons. The fraction of sp³-hybridized carbons (Fsp3) is 0.400. The zero-order chi connectivity index (χ0) is 15.2. The molecule has 1 aromatic carbocycles. The fourth-order valence-corrected chi connectivity index (χ4v) is 3.37. The first-order valence-electron chi connectivity index (χ1n) is 6.65. The number of hydrogen-bond acceptors (Lipinski definition) is 6. The topological polar surface area (TPSA) is 72.5 Å². The molecule has 0 saturated carbocycles. The average molecular weight is 307 g/mol. The van der Waals surface area contributed by atoms with E-state index in [0.717, 1.165) is 5.56 Å². The van der Waals surface area contributed by atoms with Gasteiger partial charge in [0.25, 0.3) is 0 Å². The first kappa shape index (κ1) is 15.7. The van der Waals surface area contributed by atoms with Crippen LogP contribution in [0.3, 0.4) is 0 Å². The van der Waals surface area contributed by atoms with E-state index in [4.69, 9.17) is 4.74 Å². The number of hydrogen-bond donors (Lipinski definition) is 1. The van der Waals surface area contributed by atoms with Crippen molar-refractivity contribution in [1.29, 1.82) is 0 Å². The lowest BCUT2D eigenvalue weighted by atomic mass is 10.0. The summed E-state index contributed by atoms with van der Waals surface area (Å²) in [5.74, 6) is 0.898. The molecule has 6 heteroatoms. The van der Waals surface area contributed by atoms with Crippen LogP contribution >= 0.6 is 11.8 Å². The molecule has 1 N–H and O–H groups in total. The zero-order valence-corrected chi connectivity index (χ0v) is 12.5. The second-order valence-electron chi connectivity index (χ2n) is 4.89. The van der Waals surface area contributed by atoms with Gasteiger partial charge in [-0.1, -0.05) is 12.1 Å². The first-order valence-corrected chi connectivity index (χ1v) is 7.70. The van der Waals surface area contributed by atoms with Crippen molar-refractivity contribution in [2.24, 2.45) is 0 Å². The van der Waals surface area contributed by atoms with Crippen LogP contribution in [0.1, 0.15) is 12.5 Å². The van der Waals surface area contributed by atoms with Gasteiger partial charge in [0.1, 0.15) is 12.4 Å². The molecule has 1 heterocycles. The number of thioether (sulfide) groups is 1. The molecule has 2 atom stereocenters. The highest BCUT2D eigenvalue weighted by molar-refractivity contribution is 8.00. The van der Waals surface area contributed by atoms with Crippen LogP contribution < -0.4 is 10.1 Å². The van der Waals surface area contributed by atoms with Gasteiger partial charge in [-0.3, -0.25) is 19.7 Å². The summed E-state index contributed by atoms with van der Waals surface area (Å²) in [4.78, 5) is 33.0. The molecule has 1 saturated heterocycles. The molecule has 1 aromatic rings. The van der Waals surface area contributed by atoms with E-state index in [1.165, 1.54) is 6.92 Å². The molecule has 0 aromatic heterocycles. The molecule has 1 fully saturated rings. The number of carbonyl (C=O) groups is 3. The smallest absolute Gasteiger partial charge is 0.213 e. The molecule has 112 valence electrons. The fourth-order valence-electron chi connectivity index (χ4n) is 2.15. The Bertz CT molecular complexity index is 529. The molecule has 0 spiro atoms. The van der Waals surface area contributed by atoms with Gasteiger partial charge in [-0.2, -0.15) is 0 Å². The monoisotopic (exact) mass is 307 g/mol. The van der Waals surface area contributed by atoms with Crippen LogP contribution in [0.4, 0.5) is 0 Å². The van der Waals surface area contributed by atoms with Crippen molar-refractivity contribution in [3.05, 3.63) is 29.8 Å². The third-order valence-corrected chi connectivity index (χ3v) is 4.40. The van der Waals surface area contributed by atoms with E-state index in [2.05, 4.69) is 5.32 Å². The van der Waals surface area contributed by atoms with Gasteiger partial charge in [0.05, 0.1) is 6.04 Å². The van der Waals surface area contributed by atoms with Gasteiger partial charge in [0, 0.05) is 11.1 Å². The highest BCUT2D eigenvalue weighted by atomic mass is 32.2. The largest absolute Gasteiger partial charge is 0.486 e. The minimum absolute atomic E-state index is 0.0253. The highest BCUT2D eigenvalue weighted by Gasteiger charge is 2.32. The Morgan fingerprint density at radius 1 is 1.38 bits per heavy atom. The molecule has 1 aliphatic rings. The van der Waals surface area contributed by atoms with Gasteiger partial charge < -0.3 is 4.74 Å². The maximum Gasteiger partial charge on any atom is 0.213 e. The van der Waals surface area contributed by atoms with Gasteiger partial charge in [-0.25, -0.2) is 0 Å². The summed E-state index contributed by atoms with van der Waals surface area (Å²) in [6.07, 6.45) is 1.09. The predicted octanol–water partition coefficient (Wildman–Crippen LogP) is 0.996. The summed E-state index contributed by atoms with van der Waals surface area (Å²) in [5, 5.41) is 3.10. The van der Waals surface area contributed by atoms with Crippen molar-refractivity contribution in [2.45, 2.75) is 24.6 Å². The van der Waals surface area contributed by atoms with Crippen LogP contribution in [0, 0.1) is 0 Å². The second-order valence-corrected chi connectivity index (χ2v) is 6.12. The van der Waals surface area contributed by atoms with Gasteiger partial charge in [-0.05, 0) is 31.0 Å². The van der Waals surface area contributed by atoms with E-state index in [0.29, 0.717) is 24.3 Å². The Morgan fingerprint density at radius 2 is 2.10 bits per heavy atom. The molecule has 2 unspecified atom stereocenters. The minimum atomic E-state index is -0.402. The maximum atomic E-state index is 11.5. The minimum Gasteiger partial charge on any atom is -0.486 e. The summed E-state index contributed by atoms with van der Waals surface area (Å²) in [6.45, 7) is 1.54. The Balaban J connectivity index is 1.95. The first-order chi connectivity index (χ1) is 10.1. The third kappa shape index (κ3) is 4.41. The lowest BCUT2D eigenvalue weighted by molar-refractivity contribution is -0.131. The Morgan fingerprint density at radius 3 is 2.71 bits per heavy atom. The summed E-state index contributed by atoms with van der Waals surface area (Å²) in [5.41, 5.74) is 1.06. The normalized spacial score (nSPS) is 21.0. The number of rotatable bonds is 7. The molecular formula is C15H17NO4S. The quantitative estimate of drug-likeness (QED) is 0.598. The average Bonchev–Trinajstić information content (AvgIpc) is 2.94. The van der Waals surface area contributed by atoms with Crippen LogP contribution in [0.25, 0.3) is 0 Å². The Labute approximate surface area is 127 Å². The summed E-state index contributed by atoms with van der Waals surface area (Å²) < 4.78 is 5.30. The molecule has 1 aliphatic heterocycles. The lowest BCUT2D eigenvalue weighted by Gasteiger charge is -2.15. The van der Waals surface area contributed by atoms with Crippen molar-refractivity contribution in [2.75, 3.05) is 12.5 Å². The number of carbonyl (C=O) groups excluding carboxylic acids is 3. The summed E-state index contributed by atoms with van der Waals surface area (Å²) in [6, 6.07) is 7.04. The third-order valence-electron chi connectivity index (χ3n) is 3.20. The van der Waals surface area contributed by atoms with Gasteiger partial charge in [-0.15, -0.1) is 11.8 Å². The highest BCUT2D eigenvalue weighted by Crippen LogP contribution is 2.26. The van der Waals surface area contributed by atoms with Crippen LogP contribution in [0.15, 0.2) is 24.3 Å². The number of nitrogens with one attached hydrogen (secondary N) is 1. The SMILES string of the molecule is CC(=O)COc1ccc(CC2SCNC2C(=O)C=O)cc1. The van der Waals surface area contributed by atoms with E-state index in [1.807, 2.05) is 24.3 Å². The van der Waals surface area contributed by atoms with E-state index in [-0.39, 0.29) is 17.6 Å². The number of Topliss-reactive ketones (excluding diaryl/α,β-unsaturated/α-hetero) is 2. The molecular weight excluding hydrogens is 290 g/mol. The van der Waals surface area contributed by atoms with Crippen LogP contribution in [0.5, 0.6) is 5.75 Å². The number of ketones is 2. The summed E-state index contributed by atoms with van der Waals surface area (Å²) >= 11 is 1.64. The van der Waals surface area contributed by atoms with E-state index >= 15 is 0 Å². The zero-order valence-electron chi connectivity index (χ0n) is 11.7. The molecule has 0 aliphatic carbocycles. The van der Waals surface area contributed by atoms with Crippen LogP contribution in [-0.2, 0) is 20.8 Å². The van der Waals surface area contributed by atoms with Crippen molar-refractivity contribution in [3.8, 4) is 5.75 Å². The lowest BCUT2D eigenvalue weighted by Crippen LogP contribution is -2.39. The second kappa shape index (κ2) is 7.38. The van der Waals surface area contributed by atoms with Gasteiger partial charge in [0.15, 0.2) is 12.1 Å². The van der Waals surface area contributed by atoms with E-state index in [9.17, 15) is 14.4 Å². The van der Waals surface area contributed by atoms with E-state index in [1.54, 1.807) is 11.8 Å². The predicted molar refractivity (Wildman–Crippen MR) is 80.6 cm³/mol. The van der Waals surface area contributed by atoms with Crippen molar-refractivity contribution >= 4 is 29.6 Å². The van der Waals surface area contributed by atoms with Crippen molar-refractivity contribution in [1.82, 2.24) is 5.32 Å². The van der Waals surface area contributed by atoms with Crippen LogP contribution in [-0.4, -0.2) is 41.6 Å². The molecule has 2 rings (SSSR count).